The summed E-state index contributed by atoms with van der Waals surface area (Å²) >= 11 is 0. The molecule has 1 aliphatic heterocycles. The number of hydrogen-bond donors (Lipinski definition) is 6. The van der Waals surface area contributed by atoms with Crippen molar-refractivity contribution in [1.29, 1.82) is 0 Å². The van der Waals surface area contributed by atoms with Gasteiger partial charge in [0.2, 0.25) is 6.29 Å². The Bertz CT molecular complexity index is 1720. The van der Waals surface area contributed by atoms with Gasteiger partial charge >= 0.3 is 5.97 Å². The van der Waals surface area contributed by atoms with E-state index in [-0.39, 0.29) is 40.0 Å². The fourth-order valence-electron chi connectivity index (χ4n) is 5.36. The molecule has 6 atom stereocenters. The molecule has 0 unspecified atom stereocenters. The van der Waals surface area contributed by atoms with Gasteiger partial charge in [-0.2, -0.15) is 0 Å². The first kappa shape index (κ1) is 32.9. The van der Waals surface area contributed by atoms with Crippen LogP contribution in [0.5, 0.6) is 11.5 Å². The van der Waals surface area contributed by atoms with Crippen LogP contribution >= 0.6 is 0 Å². The summed E-state index contributed by atoms with van der Waals surface area (Å²) in [4.78, 5) is 25.0. The number of aliphatic carboxylic acids is 1. The summed E-state index contributed by atoms with van der Waals surface area (Å²) in [5, 5.41) is 55.5. The summed E-state index contributed by atoms with van der Waals surface area (Å²) in [5.41, 5.74) is -0.499. The average molecular weight is 632 g/mol. The number of carboxylic acid groups (broad SMARTS) is 1. The number of aliphatic hydroxyl groups excluding tert-OH is 2. The van der Waals surface area contributed by atoms with Crippen molar-refractivity contribution in [2.45, 2.75) is 50.0 Å². The fourth-order valence-corrected chi connectivity index (χ4v) is 5.36. The Balaban J connectivity index is 1.28. The van der Waals surface area contributed by atoms with E-state index in [2.05, 4.69) is 24.4 Å². The van der Waals surface area contributed by atoms with Crippen LogP contribution in [-0.4, -0.2) is 74.8 Å². The van der Waals surface area contributed by atoms with Gasteiger partial charge < -0.3 is 44.7 Å². The molecule has 1 aliphatic rings. The number of benzene rings is 3. The van der Waals surface area contributed by atoms with E-state index >= 15 is 0 Å². The minimum Gasteiger partial charge on any atom is -0.508 e. The van der Waals surface area contributed by atoms with E-state index in [9.17, 15) is 35.1 Å². The number of ether oxygens (including phenoxy) is 2. The Morgan fingerprint density at radius 2 is 1.83 bits per heavy atom. The van der Waals surface area contributed by atoms with Crippen molar-refractivity contribution >= 4 is 23.0 Å². The standard InChI is InChI=1S/C35H37NO10/c1-21(6-5-9-22-7-3-2-4-8-22)16-17-36-20-35(43)32(40)30(39)31(33(41)42)46-34(35)45-25-14-15-26-28(18-25)44-19-27(29(26)38)23-10-12-24(37)13-11-23/h2-5,7-15,18-19,21,30-32,34,36-37,39-40,43H,6,16-17,20H2,1H3,(H,41,42)/t21-,30+,31-,32-,34+,35-/m0/s1. The molecule has 3 aromatic carbocycles. The first-order valence-corrected chi connectivity index (χ1v) is 15.0. The molecule has 11 heteroatoms. The van der Waals surface area contributed by atoms with Gasteiger partial charge in [-0.15, -0.1) is 0 Å². The molecule has 5 rings (SSSR count). The van der Waals surface area contributed by atoms with Crippen LogP contribution in [0, 0.1) is 5.92 Å². The zero-order valence-corrected chi connectivity index (χ0v) is 25.2. The van der Waals surface area contributed by atoms with Gasteiger partial charge in [-0.3, -0.25) is 4.79 Å². The number of aromatic hydroxyl groups is 1. The number of phenols is 1. The van der Waals surface area contributed by atoms with Gasteiger partial charge in [0.25, 0.3) is 0 Å². The van der Waals surface area contributed by atoms with Gasteiger partial charge in [-0.05, 0) is 60.7 Å². The number of fused-ring (bicyclic) bond motifs is 1. The summed E-state index contributed by atoms with van der Waals surface area (Å²) < 4.78 is 17.1. The van der Waals surface area contributed by atoms with Crippen molar-refractivity contribution in [2.24, 2.45) is 5.92 Å². The maximum absolute atomic E-state index is 13.2. The lowest BCUT2D eigenvalue weighted by molar-refractivity contribution is -0.311. The molecule has 1 aromatic heterocycles. The third kappa shape index (κ3) is 7.30. The second-order valence-electron chi connectivity index (χ2n) is 11.6. The third-order valence-electron chi connectivity index (χ3n) is 8.11. The predicted molar refractivity (Wildman–Crippen MR) is 170 cm³/mol. The molecular weight excluding hydrogens is 594 g/mol. The number of allylic oxidation sites excluding steroid dienone is 1. The number of carboxylic acids is 1. The van der Waals surface area contributed by atoms with E-state index in [4.69, 9.17) is 13.9 Å². The summed E-state index contributed by atoms with van der Waals surface area (Å²) in [6, 6.07) is 20.3. The van der Waals surface area contributed by atoms with Crippen LogP contribution in [0.2, 0.25) is 0 Å². The molecule has 2 heterocycles. The van der Waals surface area contributed by atoms with Crippen LogP contribution in [0.25, 0.3) is 28.2 Å². The van der Waals surface area contributed by atoms with Gasteiger partial charge in [-0.25, -0.2) is 4.79 Å². The molecule has 11 nitrogen and oxygen atoms in total. The van der Waals surface area contributed by atoms with Crippen molar-refractivity contribution in [3.63, 3.8) is 0 Å². The molecule has 0 bridgehead atoms. The van der Waals surface area contributed by atoms with E-state index < -0.39 is 36.2 Å². The highest BCUT2D eigenvalue weighted by Crippen LogP contribution is 2.33. The van der Waals surface area contributed by atoms with Crippen LogP contribution in [0.1, 0.15) is 25.3 Å². The Hall–Kier alpha value is -4.52. The van der Waals surface area contributed by atoms with Crippen molar-refractivity contribution in [3.8, 4) is 22.6 Å². The Labute approximate surface area is 265 Å². The van der Waals surface area contributed by atoms with Crippen molar-refractivity contribution in [2.75, 3.05) is 13.1 Å². The maximum atomic E-state index is 13.2. The first-order valence-electron chi connectivity index (χ1n) is 15.0. The van der Waals surface area contributed by atoms with E-state index in [1.54, 1.807) is 12.1 Å². The van der Waals surface area contributed by atoms with E-state index in [0.29, 0.717) is 18.0 Å². The smallest absolute Gasteiger partial charge is 0.335 e. The molecule has 4 aromatic rings. The first-order chi connectivity index (χ1) is 22.1. The monoisotopic (exact) mass is 631 g/mol. The Morgan fingerprint density at radius 1 is 1.09 bits per heavy atom. The minimum absolute atomic E-state index is 0.0556. The number of hydrogen-bond acceptors (Lipinski definition) is 10. The van der Waals surface area contributed by atoms with Crippen LogP contribution < -0.4 is 15.5 Å². The number of rotatable bonds is 12. The molecule has 0 amide bonds. The molecular formula is C35H37NO10. The summed E-state index contributed by atoms with van der Waals surface area (Å²) in [6.45, 7) is 2.25. The number of nitrogens with one attached hydrogen (secondary N) is 1. The van der Waals surface area contributed by atoms with Crippen molar-refractivity contribution in [1.82, 2.24) is 5.32 Å². The number of aliphatic hydroxyl groups is 3. The normalized spacial score (nSPS) is 23.8. The highest BCUT2D eigenvalue weighted by atomic mass is 16.7. The van der Waals surface area contributed by atoms with Crippen molar-refractivity contribution in [3.05, 3.63) is 101 Å². The maximum Gasteiger partial charge on any atom is 0.335 e. The lowest BCUT2D eigenvalue weighted by Gasteiger charge is -2.46. The lowest BCUT2D eigenvalue weighted by atomic mass is 9.86. The SMILES string of the molecule is C[C@@H](CC=Cc1ccccc1)CCNC[C@@]1(O)[C@H](Oc2ccc3c(=O)c(-c4ccc(O)cc4)coc3c2)O[C@H](C(=O)O)[C@@H](O)[C@@H]1O. The molecule has 6 N–H and O–H groups in total. The van der Waals surface area contributed by atoms with Gasteiger partial charge in [-0.1, -0.05) is 61.5 Å². The van der Waals surface area contributed by atoms with Crippen molar-refractivity contribution < 1.29 is 44.2 Å². The van der Waals surface area contributed by atoms with Gasteiger partial charge in [0.1, 0.15) is 35.6 Å². The van der Waals surface area contributed by atoms with Crippen LogP contribution in [0.4, 0.5) is 0 Å². The van der Waals surface area contributed by atoms with E-state index in [1.807, 2.05) is 30.3 Å². The Kier molecular flexibility index (Phi) is 10.2. The van der Waals surface area contributed by atoms with Crippen LogP contribution in [-0.2, 0) is 9.53 Å². The van der Waals surface area contributed by atoms with E-state index in [0.717, 1.165) is 18.4 Å². The number of carbonyl (C=O) groups is 1. The van der Waals surface area contributed by atoms with Crippen LogP contribution in [0.3, 0.4) is 0 Å². The highest BCUT2D eigenvalue weighted by molar-refractivity contribution is 5.82. The van der Waals surface area contributed by atoms with Crippen LogP contribution in [0.15, 0.2) is 94.3 Å². The molecule has 242 valence electrons. The molecule has 0 saturated carbocycles. The van der Waals surface area contributed by atoms with E-state index in [1.165, 1.54) is 36.6 Å². The highest BCUT2D eigenvalue weighted by Gasteiger charge is 2.58. The van der Waals surface area contributed by atoms with Gasteiger partial charge in [0, 0.05) is 12.6 Å². The quantitative estimate of drug-likeness (QED) is 0.126. The largest absolute Gasteiger partial charge is 0.508 e. The lowest BCUT2D eigenvalue weighted by Crippen LogP contribution is -2.71. The predicted octanol–water partition coefficient (Wildman–Crippen LogP) is 3.53. The Morgan fingerprint density at radius 3 is 2.54 bits per heavy atom. The summed E-state index contributed by atoms with van der Waals surface area (Å²) in [6.07, 6.45) is -0.475. The molecule has 0 aliphatic carbocycles. The summed E-state index contributed by atoms with van der Waals surface area (Å²) in [5.74, 6) is -1.13. The molecule has 0 radical (unpaired) electrons. The molecule has 0 spiro atoms. The van der Waals surface area contributed by atoms with Gasteiger partial charge in [0.15, 0.2) is 17.1 Å². The molecule has 1 saturated heterocycles. The second kappa shape index (κ2) is 14.3. The third-order valence-corrected chi connectivity index (χ3v) is 8.11. The topological polar surface area (TPSA) is 179 Å². The number of phenolic OH excluding ortho intramolecular Hbond substituents is 1. The van der Waals surface area contributed by atoms with Gasteiger partial charge in [0.05, 0.1) is 10.9 Å². The summed E-state index contributed by atoms with van der Waals surface area (Å²) in [7, 11) is 0. The fraction of sp³-hybridized carbons (Fsp3) is 0.314. The second-order valence-corrected chi connectivity index (χ2v) is 11.6. The molecule has 1 fully saturated rings. The minimum atomic E-state index is -2.25. The average Bonchev–Trinajstić information content (AvgIpc) is 3.04. The molecule has 46 heavy (non-hydrogen) atoms. The zero-order valence-electron chi connectivity index (χ0n) is 25.2. The zero-order chi connectivity index (χ0) is 32.8.